The van der Waals surface area contributed by atoms with Gasteiger partial charge in [0.2, 0.25) is 0 Å². The summed E-state index contributed by atoms with van der Waals surface area (Å²) in [6, 6.07) is -1.21. The highest BCUT2D eigenvalue weighted by molar-refractivity contribution is 5.89. The van der Waals surface area contributed by atoms with Crippen molar-refractivity contribution in [3.8, 4) is 0 Å². The van der Waals surface area contributed by atoms with Gasteiger partial charge >= 0.3 is 5.97 Å². The van der Waals surface area contributed by atoms with Crippen LogP contribution in [0.5, 0.6) is 0 Å². The van der Waals surface area contributed by atoms with Gasteiger partial charge in [-0.2, -0.15) is 0 Å². The van der Waals surface area contributed by atoms with E-state index in [1.165, 1.54) is 0 Å². The van der Waals surface area contributed by atoms with E-state index in [4.69, 9.17) is 10.8 Å². The molecule has 1 saturated heterocycles. The first-order valence-electron chi connectivity index (χ1n) is 3.85. The Balaban J connectivity index is 2.29. The maximum absolute atomic E-state index is 11.1. The maximum atomic E-state index is 11.1. The molecule has 0 radical (unpaired) electrons. The summed E-state index contributed by atoms with van der Waals surface area (Å²) in [7, 11) is 0. The van der Waals surface area contributed by atoms with Crippen LogP contribution in [-0.2, 0) is 9.59 Å². The average molecular weight is 172 g/mol. The monoisotopic (exact) mass is 172 g/mol. The fourth-order valence-electron chi connectivity index (χ4n) is 1.01. The highest BCUT2D eigenvalue weighted by Gasteiger charge is 2.27. The number of hydrogen-bond donors (Lipinski definition) is 3. The van der Waals surface area contributed by atoms with Crippen LogP contribution >= 0.6 is 0 Å². The van der Waals surface area contributed by atoms with Crippen molar-refractivity contribution >= 4 is 11.8 Å². The number of carboxylic acid groups (broad SMARTS) is 1. The van der Waals surface area contributed by atoms with Crippen molar-refractivity contribution in [2.24, 2.45) is 5.73 Å². The van der Waals surface area contributed by atoms with Crippen molar-refractivity contribution in [1.82, 2.24) is 5.32 Å². The number of hydrogen-bond acceptors (Lipinski definition) is 4. The number of nitrogens with two attached hydrogens (primary N) is 1. The molecule has 12 heavy (non-hydrogen) atoms. The molecule has 1 aliphatic heterocycles. The molecule has 2 atom stereocenters. The quantitative estimate of drug-likeness (QED) is 0.491. The summed E-state index contributed by atoms with van der Waals surface area (Å²) < 4.78 is 0. The van der Waals surface area contributed by atoms with E-state index in [0.717, 1.165) is 13.0 Å². The van der Waals surface area contributed by atoms with Gasteiger partial charge in [0.25, 0.3) is 0 Å². The zero-order valence-electron chi connectivity index (χ0n) is 6.62. The predicted octanol–water partition coefficient (Wildman–Crippen LogP) is -1.28. The first-order chi connectivity index (χ1) is 5.61. The summed E-state index contributed by atoms with van der Waals surface area (Å²) in [5.74, 6) is -1.22. The zero-order valence-corrected chi connectivity index (χ0v) is 6.62. The van der Waals surface area contributed by atoms with E-state index in [2.05, 4.69) is 5.32 Å². The Morgan fingerprint density at radius 2 is 2.25 bits per heavy atom. The number of Topliss-reactive ketones (excluding diaryl/α,β-unsaturated/α-hetero) is 1. The molecule has 0 bridgehead atoms. The molecule has 0 aromatic carbocycles. The van der Waals surface area contributed by atoms with E-state index >= 15 is 0 Å². The third-order valence-corrected chi connectivity index (χ3v) is 1.95. The highest BCUT2D eigenvalue weighted by Crippen LogP contribution is 2.06. The Morgan fingerprint density at radius 3 is 2.58 bits per heavy atom. The zero-order chi connectivity index (χ0) is 9.14. The molecule has 5 nitrogen and oxygen atoms in total. The van der Waals surface area contributed by atoms with E-state index in [1.807, 2.05) is 0 Å². The number of carbonyl (C=O) groups excluding carboxylic acids is 1. The van der Waals surface area contributed by atoms with Crippen LogP contribution in [0.15, 0.2) is 0 Å². The van der Waals surface area contributed by atoms with Crippen LogP contribution in [0.2, 0.25) is 0 Å². The van der Waals surface area contributed by atoms with Gasteiger partial charge in [0.1, 0.15) is 6.04 Å². The van der Waals surface area contributed by atoms with Gasteiger partial charge in [-0.25, -0.2) is 0 Å². The van der Waals surface area contributed by atoms with Gasteiger partial charge in [0, 0.05) is 6.42 Å². The number of carbonyl (C=O) groups is 2. The van der Waals surface area contributed by atoms with Crippen LogP contribution in [-0.4, -0.2) is 35.5 Å². The number of carboxylic acids is 1. The van der Waals surface area contributed by atoms with Crippen LogP contribution in [0, 0.1) is 0 Å². The fraction of sp³-hybridized carbons (Fsp3) is 0.714. The molecule has 1 heterocycles. The van der Waals surface area contributed by atoms with Gasteiger partial charge in [-0.3, -0.25) is 9.59 Å². The van der Waals surface area contributed by atoms with Crippen LogP contribution < -0.4 is 11.1 Å². The number of aliphatic carboxylic acids is 1. The van der Waals surface area contributed by atoms with Crippen LogP contribution in [0.3, 0.4) is 0 Å². The standard InChI is InChI=1S/C7H12N2O3/c8-4(7(11)12)3-6(10)5-1-2-9-5/h4-5,9H,1-3,8H2,(H,11,12)/t4?,5-/m0/s1. The molecule has 0 amide bonds. The predicted molar refractivity (Wildman–Crippen MR) is 41.6 cm³/mol. The van der Waals surface area contributed by atoms with Crippen LogP contribution in [0.4, 0.5) is 0 Å². The average Bonchev–Trinajstić information content (AvgIpc) is 1.82. The minimum Gasteiger partial charge on any atom is -0.480 e. The largest absolute Gasteiger partial charge is 0.480 e. The third-order valence-electron chi connectivity index (χ3n) is 1.95. The summed E-state index contributed by atoms with van der Waals surface area (Å²) in [5, 5.41) is 11.3. The second-order valence-electron chi connectivity index (χ2n) is 2.91. The molecule has 1 aliphatic rings. The minimum atomic E-state index is -1.12. The molecule has 0 spiro atoms. The van der Waals surface area contributed by atoms with E-state index in [9.17, 15) is 9.59 Å². The molecule has 0 saturated carbocycles. The molecule has 0 aromatic heterocycles. The van der Waals surface area contributed by atoms with E-state index < -0.39 is 12.0 Å². The molecule has 1 unspecified atom stereocenters. The van der Waals surface area contributed by atoms with Crippen LogP contribution in [0.25, 0.3) is 0 Å². The number of rotatable bonds is 4. The molecule has 4 N–H and O–H groups in total. The Bertz CT molecular complexity index is 201. The summed E-state index contributed by atoms with van der Waals surface area (Å²) in [6.45, 7) is 0.832. The molecule has 1 rings (SSSR count). The van der Waals surface area contributed by atoms with Crippen molar-refractivity contribution < 1.29 is 14.7 Å². The van der Waals surface area contributed by atoms with Crippen molar-refractivity contribution in [2.45, 2.75) is 24.9 Å². The summed E-state index contributed by atoms with van der Waals surface area (Å²) in [5.41, 5.74) is 5.19. The molecule has 0 aromatic rings. The topological polar surface area (TPSA) is 92.4 Å². The Labute approximate surface area is 69.9 Å². The summed E-state index contributed by atoms with van der Waals surface area (Å²) >= 11 is 0. The molecule has 1 fully saturated rings. The van der Waals surface area contributed by atoms with Gasteiger partial charge in [0.15, 0.2) is 5.78 Å². The lowest BCUT2D eigenvalue weighted by Gasteiger charge is -2.26. The molecule has 5 heteroatoms. The lowest BCUT2D eigenvalue weighted by atomic mass is 9.97. The first kappa shape index (κ1) is 9.15. The van der Waals surface area contributed by atoms with E-state index in [-0.39, 0.29) is 18.2 Å². The number of nitrogens with one attached hydrogen (secondary N) is 1. The van der Waals surface area contributed by atoms with Gasteiger partial charge < -0.3 is 16.2 Å². The van der Waals surface area contributed by atoms with Gasteiger partial charge in [-0.15, -0.1) is 0 Å². The maximum Gasteiger partial charge on any atom is 0.320 e. The highest BCUT2D eigenvalue weighted by atomic mass is 16.4. The van der Waals surface area contributed by atoms with Crippen molar-refractivity contribution in [2.75, 3.05) is 6.54 Å². The Morgan fingerprint density at radius 1 is 1.67 bits per heavy atom. The minimum absolute atomic E-state index is 0.0764. The van der Waals surface area contributed by atoms with Crippen molar-refractivity contribution in [1.29, 1.82) is 0 Å². The SMILES string of the molecule is NC(CC(=O)[C@@H]1CCN1)C(=O)O. The second kappa shape index (κ2) is 3.64. The third kappa shape index (κ3) is 2.02. The van der Waals surface area contributed by atoms with Gasteiger partial charge in [-0.1, -0.05) is 0 Å². The molecule has 0 aliphatic carbocycles. The first-order valence-corrected chi connectivity index (χ1v) is 3.85. The normalized spacial score (nSPS) is 24.2. The molecular formula is C7H12N2O3. The van der Waals surface area contributed by atoms with Crippen molar-refractivity contribution in [3.05, 3.63) is 0 Å². The second-order valence-corrected chi connectivity index (χ2v) is 2.91. The van der Waals surface area contributed by atoms with Gasteiger partial charge in [0.05, 0.1) is 6.04 Å². The Hall–Kier alpha value is -0.940. The lowest BCUT2D eigenvalue weighted by Crippen LogP contribution is -2.50. The summed E-state index contributed by atoms with van der Waals surface area (Å²) in [4.78, 5) is 21.4. The smallest absolute Gasteiger partial charge is 0.320 e. The van der Waals surface area contributed by atoms with Crippen molar-refractivity contribution in [3.63, 3.8) is 0 Å². The summed E-state index contributed by atoms with van der Waals surface area (Å²) in [6.07, 6.45) is 0.720. The van der Waals surface area contributed by atoms with E-state index in [0.29, 0.717) is 0 Å². The van der Waals surface area contributed by atoms with Gasteiger partial charge in [-0.05, 0) is 13.0 Å². The Kier molecular flexibility index (Phi) is 2.78. The fourth-order valence-corrected chi connectivity index (χ4v) is 1.01. The molecule has 68 valence electrons. The number of ketones is 1. The van der Waals surface area contributed by atoms with E-state index in [1.54, 1.807) is 0 Å². The lowest BCUT2D eigenvalue weighted by molar-refractivity contribution is -0.140. The molecular weight excluding hydrogens is 160 g/mol. The van der Waals surface area contributed by atoms with Crippen LogP contribution in [0.1, 0.15) is 12.8 Å².